The highest BCUT2D eigenvalue weighted by Crippen LogP contribution is 2.28. The predicted octanol–water partition coefficient (Wildman–Crippen LogP) is 2.63. The maximum atomic E-state index is 12.1. The van der Waals surface area contributed by atoms with Crippen LogP contribution in [-0.2, 0) is 11.3 Å². The van der Waals surface area contributed by atoms with Crippen molar-refractivity contribution in [3.8, 4) is 0 Å². The first kappa shape index (κ1) is 15.3. The summed E-state index contributed by atoms with van der Waals surface area (Å²) < 4.78 is 5.46. The minimum atomic E-state index is -0.430. The summed E-state index contributed by atoms with van der Waals surface area (Å²) in [5.74, 6) is 0. The zero-order chi connectivity index (χ0) is 14.6. The zero-order valence-corrected chi connectivity index (χ0v) is 13.2. The average molecular weight is 297 g/mol. The highest BCUT2D eigenvalue weighted by Gasteiger charge is 2.34. The Morgan fingerprint density at radius 3 is 2.85 bits per heavy atom. The first-order valence-electron chi connectivity index (χ1n) is 7.03. The number of hydrogen-bond donors (Lipinski definition) is 1. The van der Waals surface area contributed by atoms with Gasteiger partial charge in [-0.15, -0.1) is 11.3 Å². The molecule has 1 heterocycles. The van der Waals surface area contributed by atoms with E-state index in [2.05, 4.69) is 10.3 Å². The molecule has 0 saturated heterocycles. The third kappa shape index (κ3) is 5.09. The smallest absolute Gasteiger partial charge is 0.410 e. The fourth-order valence-electron chi connectivity index (χ4n) is 1.87. The minimum absolute atomic E-state index is 0.195. The van der Waals surface area contributed by atoms with E-state index in [0.29, 0.717) is 12.6 Å². The van der Waals surface area contributed by atoms with E-state index >= 15 is 0 Å². The molecule has 1 N–H and O–H groups in total. The highest BCUT2D eigenvalue weighted by molar-refractivity contribution is 7.09. The number of aromatic nitrogens is 1. The molecule has 5 nitrogen and oxygen atoms in total. The van der Waals surface area contributed by atoms with Gasteiger partial charge in [0.05, 0.1) is 5.51 Å². The number of rotatable bonds is 6. The number of carbonyl (C=O) groups is 1. The van der Waals surface area contributed by atoms with Gasteiger partial charge in [-0.1, -0.05) is 0 Å². The number of nitrogens with zero attached hydrogens (tertiary/aromatic N) is 2. The maximum absolute atomic E-state index is 12.1. The Labute approximate surface area is 124 Å². The molecule has 1 aromatic rings. The van der Waals surface area contributed by atoms with E-state index in [1.54, 1.807) is 11.3 Å². The molecule has 112 valence electrons. The summed E-state index contributed by atoms with van der Waals surface area (Å²) in [7, 11) is 0. The van der Waals surface area contributed by atoms with E-state index in [4.69, 9.17) is 4.74 Å². The van der Waals surface area contributed by atoms with Crippen LogP contribution in [0.5, 0.6) is 0 Å². The molecule has 2 rings (SSSR count). The van der Waals surface area contributed by atoms with Crippen molar-refractivity contribution in [3.05, 3.63) is 16.6 Å². The third-order valence-corrected chi connectivity index (χ3v) is 3.71. The van der Waals surface area contributed by atoms with Gasteiger partial charge in [0, 0.05) is 36.8 Å². The summed E-state index contributed by atoms with van der Waals surface area (Å²) >= 11 is 1.64. The van der Waals surface area contributed by atoms with E-state index in [9.17, 15) is 4.79 Å². The van der Waals surface area contributed by atoms with E-state index in [1.807, 2.05) is 37.4 Å². The van der Waals surface area contributed by atoms with Gasteiger partial charge in [0.15, 0.2) is 0 Å². The first-order chi connectivity index (χ1) is 9.46. The Morgan fingerprint density at radius 1 is 1.55 bits per heavy atom. The molecule has 0 atom stereocenters. The van der Waals surface area contributed by atoms with E-state index in [1.165, 1.54) is 4.88 Å². The van der Waals surface area contributed by atoms with Gasteiger partial charge in [0.25, 0.3) is 0 Å². The molecular weight excluding hydrogens is 274 g/mol. The maximum Gasteiger partial charge on any atom is 0.410 e. The van der Waals surface area contributed by atoms with Crippen LogP contribution >= 0.6 is 11.3 Å². The molecule has 1 aromatic heterocycles. The Balaban J connectivity index is 1.73. The van der Waals surface area contributed by atoms with Crippen molar-refractivity contribution < 1.29 is 9.53 Å². The standard InChI is InChI=1S/C14H23N3O2S/c1-14(2,3)19-13(18)17(11-4-5-11)7-6-15-8-12-9-16-10-20-12/h9-11,15H,4-8H2,1-3H3. The van der Waals surface area contributed by atoms with Gasteiger partial charge in [0.1, 0.15) is 5.60 Å². The second-order valence-corrected chi connectivity index (χ2v) is 7.02. The lowest BCUT2D eigenvalue weighted by atomic mass is 10.2. The number of nitrogens with one attached hydrogen (secondary N) is 1. The van der Waals surface area contributed by atoms with Gasteiger partial charge in [0.2, 0.25) is 0 Å². The quantitative estimate of drug-likeness (QED) is 0.820. The van der Waals surface area contributed by atoms with Gasteiger partial charge in [-0.3, -0.25) is 4.98 Å². The number of amides is 1. The summed E-state index contributed by atoms with van der Waals surface area (Å²) in [6, 6.07) is 0.370. The summed E-state index contributed by atoms with van der Waals surface area (Å²) in [4.78, 5) is 19.2. The molecule has 0 spiro atoms. The Kier molecular flexibility index (Phi) is 4.99. The van der Waals surface area contributed by atoms with Crippen molar-refractivity contribution in [2.24, 2.45) is 0 Å². The third-order valence-electron chi connectivity index (χ3n) is 2.93. The summed E-state index contributed by atoms with van der Waals surface area (Å²) in [6.45, 7) is 7.97. The normalized spacial score (nSPS) is 15.2. The second-order valence-electron chi connectivity index (χ2n) is 6.05. The van der Waals surface area contributed by atoms with Crippen LogP contribution in [0, 0.1) is 0 Å². The van der Waals surface area contributed by atoms with E-state index in [0.717, 1.165) is 25.9 Å². The molecule has 1 aliphatic carbocycles. The second kappa shape index (κ2) is 6.54. The van der Waals surface area contributed by atoms with Crippen LogP contribution in [0.25, 0.3) is 0 Å². The molecule has 1 aliphatic rings. The molecule has 0 unspecified atom stereocenters. The number of thiazole rings is 1. The summed E-state index contributed by atoms with van der Waals surface area (Å²) in [6.07, 6.45) is 3.85. The van der Waals surface area contributed by atoms with Crippen LogP contribution in [0.1, 0.15) is 38.5 Å². The fraction of sp³-hybridized carbons (Fsp3) is 0.714. The molecule has 1 fully saturated rings. The number of ether oxygens (including phenoxy) is 1. The Hall–Kier alpha value is -1.14. The molecule has 0 bridgehead atoms. The minimum Gasteiger partial charge on any atom is -0.444 e. The average Bonchev–Trinajstić information content (AvgIpc) is 3.03. The van der Waals surface area contributed by atoms with Crippen molar-refractivity contribution in [2.45, 2.75) is 51.8 Å². The van der Waals surface area contributed by atoms with Gasteiger partial charge < -0.3 is 15.0 Å². The van der Waals surface area contributed by atoms with Crippen LogP contribution in [0.3, 0.4) is 0 Å². The van der Waals surface area contributed by atoms with Crippen LogP contribution in [0.15, 0.2) is 11.7 Å². The van der Waals surface area contributed by atoms with Crippen molar-refractivity contribution in [3.63, 3.8) is 0 Å². The van der Waals surface area contributed by atoms with Gasteiger partial charge in [-0.05, 0) is 33.6 Å². The van der Waals surface area contributed by atoms with E-state index < -0.39 is 5.60 Å². The summed E-state index contributed by atoms with van der Waals surface area (Å²) in [5.41, 5.74) is 1.40. The molecule has 0 radical (unpaired) electrons. The lowest BCUT2D eigenvalue weighted by Crippen LogP contribution is -2.41. The Bertz CT molecular complexity index is 424. The van der Waals surface area contributed by atoms with Crippen LogP contribution < -0.4 is 5.32 Å². The van der Waals surface area contributed by atoms with Crippen LogP contribution in [0.2, 0.25) is 0 Å². The molecule has 1 saturated carbocycles. The number of hydrogen-bond acceptors (Lipinski definition) is 5. The zero-order valence-electron chi connectivity index (χ0n) is 12.4. The molecule has 1 amide bonds. The lowest BCUT2D eigenvalue weighted by Gasteiger charge is -2.27. The lowest BCUT2D eigenvalue weighted by molar-refractivity contribution is 0.0236. The highest BCUT2D eigenvalue weighted by atomic mass is 32.1. The molecule has 6 heteroatoms. The Morgan fingerprint density at radius 2 is 2.30 bits per heavy atom. The van der Waals surface area contributed by atoms with Gasteiger partial charge in [-0.2, -0.15) is 0 Å². The monoisotopic (exact) mass is 297 g/mol. The largest absolute Gasteiger partial charge is 0.444 e. The molecular formula is C14H23N3O2S. The number of carbonyl (C=O) groups excluding carboxylic acids is 1. The van der Waals surface area contributed by atoms with Crippen molar-refractivity contribution in [2.75, 3.05) is 13.1 Å². The molecule has 0 aromatic carbocycles. The fourth-order valence-corrected chi connectivity index (χ4v) is 2.43. The molecule has 20 heavy (non-hydrogen) atoms. The van der Waals surface area contributed by atoms with Crippen LogP contribution in [-0.4, -0.2) is 40.7 Å². The van der Waals surface area contributed by atoms with Crippen molar-refractivity contribution in [1.82, 2.24) is 15.2 Å². The molecule has 0 aliphatic heterocycles. The first-order valence-corrected chi connectivity index (χ1v) is 7.91. The van der Waals surface area contributed by atoms with Gasteiger partial charge in [-0.25, -0.2) is 4.79 Å². The van der Waals surface area contributed by atoms with Gasteiger partial charge >= 0.3 is 6.09 Å². The SMILES string of the molecule is CC(C)(C)OC(=O)N(CCNCc1cncs1)C1CC1. The predicted molar refractivity (Wildman–Crippen MR) is 79.8 cm³/mol. The van der Waals surface area contributed by atoms with Crippen molar-refractivity contribution in [1.29, 1.82) is 0 Å². The van der Waals surface area contributed by atoms with Crippen molar-refractivity contribution >= 4 is 17.4 Å². The topological polar surface area (TPSA) is 54.5 Å². The van der Waals surface area contributed by atoms with E-state index in [-0.39, 0.29) is 6.09 Å². The summed E-state index contributed by atoms with van der Waals surface area (Å²) in [5, 5.41) is 3.34. The van der Waals surface area contributed by atoms with Crippen LogP contribution in [0.4, 0.5) is 4.79 Å².